The molecule has 0 aliphatic heterocycles. The van der Waals surface area contributed by atoms with E-state index in [0.29, 0.717) is 17.7 Å². The van der Waals surface area contributed by atoms with E-state index >= 15 is 0 Å². The molecule has 0 radical (unpaired) electrons. The molecule has 1 amide bonds. The SMILES string of the molecule is N#CCc1ccc(NC(=O)c2ccc(F)c(S)c2)cc1. The number of hydrogen-bond donors (Lipinski definition) is 2. The molecule has 5 heteroatoms. The molecule has 0 fully saturated rings. The van der Waals surface area contributed by atoms with E-state index in [9.17, 15) is 9.18 Å². The van der Waals surface area contributed by atoms with Crippen LogP contribution < -0.4 is 5.32 Å². The zero-order chi connectivity index (χ0) is 14.5. The quantitative estimate of drug-likeness (QED) is 0.849. The standard InChI is InChI=1S/C15H11FN2OS/c16-13-6-3-11(9-14(13)20)15(19)18-12-4-1-10(2-5-12)7-8-17/h1-6,9,20H,7H2,(H,18,19). The molecule has 0 bridgehead atoms. The molecule has 0 atom stereocenters. The van der Waals surface area contributed by atoms with Crippen molar-refractivity contribution < 1.29 is 9.18 Å². The van der Waals surface area contributed by atoms with Crippen LogP contribution in [0.3, 0.4) is 0 Å². The molecule has 2 aromatic rings. The molecular weight excluding hydrogens is 275 g/mol. The van der Waals surface area contributed by atoms with Crippen molar-refractivity contribution in [2.24, 2.45) is 0 Å². The number of amides is 1. The van der Waals surface area contributed by atoms with E-state index in [1.54, 1.807) is 24.3 Å². The third-order valence-electron chi connectivity index (χ3n) is 2.70. The van der Waals surface area contributed by atoms with Gasteiger partial charge in [-0.05, 0) is 35.9 Å². The van der Waals surface area contributed by atoms with E-state index in [0.717, 1.165) is 5.56 Å². The number of anilines is 1. The molecule has 2 aromatic carbocycles. The molecule has 0 aliphatic rings. The van der Waals surface area contributed by atoms with Crippen molar-refractivity contribution >= 4 is 24.2 Å². The first-order valence-corrected chi connectivity index (χ1v) is 6.30. The van der Waals surface area contributed by atoms with Gasteiger partial charge < -0.3 is 5.32 Å². The third kappa shape index (κ3) is 3.37. The highest BCUT2D eigenvalue weighted by Crippen LogP contribution is 2.16. The minimum absolute atomic E-state index is 0.127. The van der Waals surface area contributed by atoms with Crippen LogP contribution in [0.15, 0.2) is 47.4 Å². The smallest absolute Gasteiger partial charge is 0.255 e. The van der Waals surface area contributed by atoms with Crippen molar-refractivity contribution in [1.29, 1.82) is 5.26 Å². The Hall–Kier alpha value is -2.32. The van der Waals surface area contributed by atoms with Crippen LogP contribution in [-0.4, -0.2) is 5.91 Å². The fraction of sp³-hybridized carbons (Fsp3) is 0.0667. The van der Waals surface area contributed by atoms with Crippen LogP contribution in [0, 0.1) is 17.1 Å². The predicted molar refractivity (Wildman–Crippen MR) is 77.4 cm³/mol. The number of carbonyl (C=O) groups is 1. The van der Waals surface area contributed by atoms with Gasteiger partial charge in [-0.2, -0.15) is 5.26 Å². The Morgan fingerprint density at radius 1 is 1.25 bits per heavy atom. The van der Waals surface area contributed by atoms with Crippen LogP contribution in [0.2, 0.25) is 0 Å². The number of halogens is 1. The summed E-state index contributed by atoms with van der Waals surface area (Å²) in [5.41, 5.74) is 1.82. The summed E-state index contributed by atoms with van der Waals surface area (Å²) in [6.45, 7) is 0. The van der Waals surface area contributed by atoms with Gasteiger partial charge in [-0.25, -0.2) is 4.39 Å². The Balaban J connectivity index is 2.11. The van der Waals surface area contributed by atoms with Crippen LogP contribution in [0.25, 0.3) is 0 Å². The number of rotatable bonds is 3. The van der Waals surface area contributed by atoms with E-state index < -0.39 is 5.82 Å². The summed E-state index contributed by atoms with van der Waals surface area (Å²) in [7, 11) is 0. The second-order valence-corrected chi connectivity index (χ2v) is 4.63. The fourth-order valence-electron chi connectivity index (χ4n) is 1.65. The van der Waals surface area contributed by atoms with Crippen molar-refractivity contribution in [3.8, 4) is 6.07 Å². The molecule has 0 aromatic heterocycles. The van der Waals surface area contributed by atoms with E-state index in [-0.39, 0.29) is 10.8 Å². The second-order valence-electron chi connectivity index (χ2n) is 4.15. The molecule has 0 unspecified atom stereocenters. The normalized spacial score (nSPS) is 9.85. The zero-order valence-electron chi connectivity index (χ0n) is 10.4. The minimum atomic E-state index is -0.467. The Labute approximate surface area is 121 Å². The summed E-state index contributed by atoms with van der Waals surface area (Å²) >= 11 is 3.94. The van der Waals surface area contributed by atoms with Gasteiger partial charge in [-0.3, -0.25) is 4.79 Å². The van der Waals surface area contributed by atoms with Gasteiger partial charge in [0.05, 0.1) is 12.5 Å². The molecule has 3 nitrogen and oxygen atoms in total. The highest BCUT2D eigenvalue weighted by Gasteiger charge is 2.08. The van der Waals surface area contributed by atoms with Crippen molar-refractivity contribution in [3.05, 3.63) is 59.4 Å². The monoisotopic (exact) mass is 286 g/mol. The Morgan fingerprint density at radius 2 is 1.95 bits per heavy atom. The van der Waals surface area contributed by atoms with Crippen molar-refractivity contribution in [1.82, 2.24) is 0 Å². The lowest BCUT2D eigenvalue weighted by Crippen LogP contribution is -2.12. The maximum atomic E-state index is 13.1. The van der Waals surface area contributed by atoms with E-state index in [1.165, 1.54) is 18.2 Å². The number of thiol groups is 1. The highest BCUT2D eigenvalue weighted by molar-refractivity contribution is 7.80. The van der Waals surface area contributed by atoms with Gasteiger partial charge in [0.2, 0.25) is 0 Å². The number of carbonyl (C=O) groups excluding carboxylic acids is 1. The molecule has 2 rings (SSSR count). The van der Waals surface area contributed by atoms with Gasteiger partial charge >= 0.3 is 0 Å². The molecule has 0 saturated heterocycles. The Morgan fingerprint density at radius 3 is 2.55 bits per heavy atom. The van der Waals surface area contributed by atoms with Crippen molar-refractivity contribution in [2.45, 2.75) is 11.3 Å². The van der Waals surface area contributed by atoms with Gasteiger partial charge in [0.15, 0.2) is 0 Å². The fourth-order valence-corrected chi connectivity index (χ4v) is 1.87. The van der Waals surface area contributed by atoms with Crippen LogP contribution in [0.5, 0.6) is 0 Å². The van der Waals surface area contributed by atoms with E-state index in [2.05, 4.69) is 24.0 Å². The molecule has 1 N–H and O–H groups in total. The van der Waals surface area contributed by atoms with Gasteiger partial charge in [-0.15, -0.1) is 12.6 Å². The van der Waals surface area contributed by atoms with Crippen LogP contribution in [-0.2, 0) is 6.42 Å². The molecular formula is C15H11FN2OS. The van der Waals surface area contributed by atoms with Gasteiger partial charge in [0.25, 0.3) is 5.91 Å². The summed E-state index contributed by atoms with van der Waals surface area (Å²) in [6, 6.07) is 13.0. The zero-order valence-corrected chi connectivity index (χ0v) is 11.3. The number of benzene rings is 2. The van der Waals surface area contributed by atoms with Crippen molar-refractivity contribution in [2.75, 3.05) is 5.32 Å². The summed E-state index contributed by atoms with van der Waals surface area (Å²) < 4.78 is 13.1. The summed E-state index contributed by atoms with van der Waals surface area (Å²) in [5.74, 6) is -0.806. The van der Waals surface area contributed by atoms with E-state index in [4.69, 9.17) is 5.26 Å². The van der Waals surface area contributed by atoms with Gasteiger partial charge in [0, 0.05) is 16.1 Å². The minimum Gasteiger partial charge on any atom is -0.322 e. The molecule has 20 heavy (non-hydrogen) atoms. The number of hydrogen-bond acceptors (Lipinski definition) is 3. The lowest BCUT2D eigenvalue weighted by Gasteiger charge is -2.06. The van der Waals surface area contributed by atoms with Crippen LogP contribution >= 0.6 is 12.6 Å². The molecule has 100 valence electrons. The highest BCUT2D eigenvalue weighted by atomic mass is 32.1. The average Bonchev–Trinajstić information content (AvgIpc) is 2.44. The Kier molecular flexibility index (Phi) is 4.38. The van der Waals surface area contributed by atoms with E-state index in [1.807, 2.05) is 0 Å². The number of nitrogens with one attached hydrogen (secondary N) is 1. The van der Waals surface area contributed by atoms with Gasteiger partial charge in [-0.1, -0.05) is 12.1 Å². The predicted octanol–water partition coefficient (Wildman–Crippen LogP) is 3.43. The number of nitrogens with zero attached hydrogens (tertiary/aromatic N) is 1. The third-order valence-corrected chi connectivity index (χ3v) is 3.05. The molecule has 0 aliphatic carbocycles. The molecule has 0 saturated carbocycles. The Bertz CT molecular complexity index is 677. The first-order chi connectivity index (χ1) is 9.60. The summed E-state index contributed by atoms with van der Waals surface area (Å²) in [4.78, 5) is 12.1. The maximum Gasteiger partial charge on any atom is 0.255 e. The second kappa shape index (κ2) is 6.22. The molecule has 0 heterocycles. The maximum absolute atomic E-state index is 13.1. The molecule has 0 spiro atoms. The van der Waals surface area contributed by atoms with Crippen molar-refractivity contribution in [3.63, 3.8) is 0 Å². The number of nitriles is 1. The summed E-state index contributed by atoms with van der Waals surface area (Å²) in [6.07, 6.45) is 0.329. The first kappa shape index (κ1) is 14.1. The van der Waals surface area contributed by atoms with Gasteiger partial charge in [0.1, 0.15) is 5.82 Å². The van der Waals surface area contributed by atoms with Crippen LogP contribution in [0.1, 0.15) is 15.9 Å². The lowest BCUT2D eigenvalue weighted by atomic mass is 10.1. The topological polar surface area (TPSA) is 52.9 Å². The van der Waals surface area contributed by atoms with Crippen LogP contribution in [0.4, 0.5) is 10.1 Å². The first-order valence-electron chi connectivity index (χ1n) is 5.86. The largest absolute Gasteiger partial charge is 0.322 e. The average molecular weight is 286 g/mol. The lowest BCUT2D eigenvalue weighted by molar-refractivity contribution is 0.102. The summed E-state index contributed by atoms with van der Waals surface area (Å²) in [5, 5.41) is 11.3.